The number of fused-ring (bicyclic) bond motifs is 1. The molecular weight excluding hydrogens is 552 g/mol. The van der Waals surface area contributed by atoms with E-state index in [0.717, 1.165) is 60.7 Å². The van der Waals surface area contributed by atoms with Gasteiger partial charge in [-0.3, -0.25) is 19.3 Å². The highest BCUT2D eigenvalue weighted by atomic mass is 16.5. The molecule has 1 aliphatic heterocycles. The summed E-state index contributed by atoms with van der Waals surface area (Å²) in [6, 6.07) is 9.46. The minimum absolute atomic E-state index is 0. The number of Topliss-reactive ketones (excluding diaryl/α,β-unsaturated/α-hetero) is 3. The van der Waals surface area contributed by atoms with E-state index < -0.39 is 12.5 Å². The zero-order valence-corrected chi connectivity index (χ0v) is 25.5. The lowest BCUT2D eigenvalue weighted by Gasteiger charge is -2.33. The summed E-state index contributed by atoms with van der Waals surface area (Å²) in [5.74, 6) is -1.31. The van der Waals surface area contributed by atoms with Crippen molar-refractivity contribution in [2.24, 2.45) is 17.8 Å². The van der Waals surface area contributed by atoms with E-state index in [1.165, 1.54) is 6.92 Å². The van der Waals surface area contributed by atoms with Crippen LogP contribution in [0.4, 0.5) is 0 Å². The summed E-state index contributed by atoms with van der Waals surface area (Å²) >= 11 is 0. The lowest BCUT2D eigenvalue weighted by molar-refractivity contribution is -0.131. The van der Waals surface area contributed by atoms with Gasteiger partial charge >= 0.3 is 0 Å². The number of ether oxygens (including phenoxy) is 1. The van der Waals surface area contributed by atoms with E-state index in [1.807, 2.05) is 18.2 Å². The van der Waals surface area contributed by atoms with Crippen LogP contribution in [0.3, 0.4) is 0 Å². The first-order valence-electron chi connectivity index (χ1n) is 14.8. The van der Waals surface area contributed by atoms with Crippen LogP contribution >= 0.6 is 0 Å². The molecule has 3 atom stereocenters. The second-order valence-electron chi connectivity index (χ2n) is 11.9. The van der Waals surface area contributed by atoms with Gasteiger partial charge in [-0.25, -0.2) is 0 Å². The molecule has 240 valence electrons. The highest BCUT2D eigenvalue weighted by molar-refractivity contribution is 6.03. The van der Waals surface area contributed by atoms with Gasteiger partial charge in [0.15, 0.2) is 5.78 Å². The van der Waals surface area contributed by atoms with Crippen molar-refractivity contribution < 1.29 is 42.8 Å². The number of hydrogen-bond acceptors (Lipinski definition) is 9. The summed E-state index contributed by atoms with van der Waals surface area (Å²) < 4.78 is 5.69. The van der Waals surface area contributed by atoms with Crippen molar-refractivity contribution >= 4 is 17.3 Å². The minimum atomic E-state index is -0.778. The Kier molecular flexibility index (Phi) is 12.4. The number of carbonyl (C=O) groups excluding carboxylic acids is 3. The number of phenols is 1. The van der Waals surface area contributed by atoms with Crippen molar-refractivity contribution in [1.29, 1.82) is 0 Å². The smallest absolute Gasteiger partial charge is 0.167 e. The molecule has 0 bridgehead atoms. The fourth-order valence-corrected chi connectivity index (χ4v) is 6.60. The molecule has 0 aromatic heterocycles. The quantitative estimate of drug-likeness (QED) is 0.293. The maximum absolute atomic E-state index is 13.4. The fourth-order valence-electron chi connectivity index (χ4n) is 6.60. The number of ketones is 3. The Morgan fingerprint density at radius 3 is 2.44 bits per heavy atom. The molecule has 0 spiro atoms. The number of nitrogens with zero attached hydrogens (tertiary/aromatic N) is 2. The first-order valence-corrected chi connectivity index (χ1v) is 14.8. The molecule has 1 saturated heterocycles. The number of rotatable bonds is 13. The normalized spacial score (nSPS) is 18.8. The van der Waals surface area contributed by atoms with Gasteiger partial charge in [0, 0.05) is 60.1 Å². The van der Waals surface area contributed by atoms with Crippen LogP contribution in [0.1, 0.15) is 56.9 Å². The topological polar surface area (TPSA) is 159 Å². The summed E-state index contributed by atoms with van der Waals surface area (Å²) in [5.41, 5.74) is 3.96. The number of aromatic hydroxyl groups is 1. The third-order valence-corrected chi connectivity index (χ3v) is 8.86. The molecule has 1 heterocycles. The van der Waals surface area contributed by atoms with Gasteiger partial charge < -0.3 is 30.4 Å². The van der Waals surface area contributed by atoms with Gasteiger partial charge in [0.1, 0.15) is 23.1 Å². The van der Waals surface area contributed by atoms with Crippen LogP contribution < -0.4 is 4.74 Å². The zero-order chi connectivity index (χ0) is 30.4. The lowest BCUT2D eigenvalue weighted by Crippen LogP contribution is -2.43. The summed E-state index contributed by atoms with van der Waals surface area (Å²) in [6.07, 6.45) is 1.17. The number of piperazine rings is 1. The van der Waals surface area contributed by atoms with Crippen molar-refractivity contribution in [2.75, 3.05) is 53.6 Å². The van der Waals surface area contributed by atoms with Crippen LogP contribution in [-0.4, -0.2) is 101 Å². The maximum atomic E-state index is 13.4. The molecule has 2 aliphatic rings. The highest BCUT2D eigenvalue weighted by Crippen LogP contribution is 2.42. The SMILES string of the molecule is COc1ccc(-c2ccc(O)c3c2CC(CC(CCO)C(CO)C(=O)CC(C)=O)CC3=O)cc1CN1CCN(C)CC1.O.[HH].[HH]. The van der Waals surface area contributed by atoms with Gasteiger partial charge in [-0.05, 0) is 80.0 Å². The predicted molar refractivity (Wildman–Crippen MR) is 168 cm³/mol. The molecule has 2 aromatic rings. The second kappa shape index (κ2) is 15.5. The standard InChI is InChI=1S/C33H44N2O7.H2O.2H2/c1-21(38)14-30(40)28(20-37)24(8-13-36)15-22-16-27-26(5-6-29(39)33(27)31(41)17-22)23-4-7-32(42-3)25(18-23)19-35-11-9-34(2)10-12-35;;;/h4-7,18,22,24,28,36-37,39H,8-17,19-20H2,1-3H3;1H2;2*1H. The Hall–Kier alpha value is -3.15. The van der Waals surface area contributed by atoms with Crippen LogP contribution in [0.15, 0.2) is 30.3 Å². The highest BCUT2D eigenvalue weighted by Gasteiger charge is 2.35. The monoisotopic (exact) mass is 602 g/mol. The van der Waals surface area contributed by atoms with E-state index >= 15 is 0 Å². The number of phenolic OH excluding ortho intramolecular Hbond substituents is 1. The Balaban J connectivity index is 0.00000337. The first-order chi connectivity index (χ1) is 20.1. The number of likely N-dealkylation sites (N-methyl/N-ethyl adjacent to an activating group) is 1. The molecule has 5 N–H and O–H groups in total. The largest absolute Gasteiger partial charge is 0.507 e. The summed E-state index contributed by atoms with van der Waals surface area (Å²) in [5, 5.41) is 30.5. The molecule has 4 rings (SSSR count). The van der Waals surface area contributed by atoms with Crippen LogP contribution in [-0.2, 0) is 22.6 Å². The number of methoxy groups -OCH3 is 1. The van der Waals surface area contributed by atoms with Crippen LogP contribution in [0.25, 0.3) is 11.1 Å². The summed E-state index contributed by atoms with van der Waals surface area (Å²) in [4.78, 5) is 42.5. The Morgan fingerprint density at radius 1 is 1.09 bits per heavy atom. The Bertz CT molecular complexity index is 1300. The van der Waals surface area contributed by atoms with E-state index in [2.05, 4.69) is 22.9 Å². The van der Waals surface area contributed by atoms with Crippen molar-refractivity contribution in [3.8, 4) is 22.6 Å². The number of carbonyl (C=O) groups is 3. The van der Waals surface area contributed by atoms with E-state index in [4.69, 9.17) is 4.74 Å². The number of aliphatic hydroxyl groups excluding tert-OH is 2. The number of benzene rings is 2. The van der Waals surface area contributed by atoms with Gasteiger partial charge in [0.2, 0.25) is 0 Å². The van der Waals surface area contributed by atoms with Crippen molar-refractivity contribution in [2.45, 2.75) is 45.6 Å². The molecule has 1 aliphatic carbocycles. The van der Waals surface area contributed by atoms with E-state index in [-0.39, 0.29) is 69.1 Å². The predicted octanol–water partition coefficient (Wildman–Crippen LogP) is 2.77. The second-order valence-corrected chi connectivity index (χ2v) is 11.9. The fraction of sp³-hybridized carbons (Fsp3) is 0.545. The van der Waals surface area contributed by atoms with Gasteiger partial charge in [0.25, 0.3) is 0 Å². The number of aliphatic hydroxyl groups is 2. The molecule has 10 nitrogen and oxygen atoms in total. The van der Waals surface area contributed by atoms with Crippen molar-refractivity contribution in [3.05, 3.63) is 47.0 Å². The third-order valence-electron chi connectivity index (χ3n) is 8.86. The van der Waals surface area contributed by atoms with Gasteiger partial charge in [-0.2, -0.15) is 0 Å². The van der Waals surface area contributed by atoms with Gasteiger partial charge in [-0.15, -0.1) is 0 Å². The van der Waals surface area contributed by atoms with Crippen molar-refractivity contribution in [1.82, 2.24) is 9.80 Å². The lowest BCUT2D eigenvalue weighted by atomic mass is 9.72. The average Bonchev–Trinajstić information content (AvgIpc) is 2.94. The van der Waals surface area contributed by atoms with Crippen LogP contribution in [0.2, 0.25) is 0 Å². The molecule has 1 fully saturated rings. The molecular formula is C33H50N2O8. The van der Waals surface area contributed by atoms with E-state index in [9.17, 15) is 29.7 Å². The van der Waals surface area contributed by atoms with Crippen LogP contribution in [0, 0.1) is 17.8 Å². The molecule has 43 heavy (non-hydrogen) atoms. The average molecular weight is 603 g/mol. The maximum Gasteiger partial charge on any atom is 0.167 e. The van der Waals surface area contributed by atoms with Gasteiger partial charge in [-0.1, -0.05) is 12.1 Å². The zero-order valence-electron chi connectivity index (χ0n) is 25.5. The number of hydrogen-bond donors (Lipinski definition) is 3. The Labute approximate surface area is 256 Å². The summed E-state index contributed by atoms with van der Waals surface area (Å²) in [7, 11) is 3.79. The van der Waals surface area contributed by atoms with Crippen molar-refractivity contribution in [3.63, 3.8) is 0 Å². The van der Waals surface area contributed by atoms with E-state index in [1.54, 1.807) is 13.2 Å². The molecule has 0 saturated carbocycles. The molecule has 2 aromatic carbocycles. The third kappa shape index (κ3) is 8.27. The first kappa shape index (κ1) is 34.3. The summed E-state index contributed by atoms with van der Waals surface area (Å²) in [6.45, 7) is 5.44. The molecule has 0 amide bonds. The minimum Gasteiger partial charge on any atom is -0.507 e. The van der Waals surface area contributed by atoms with Crippen LogP contribution in [0.5, 0.6) is 11.5 Å². The van der Waals surface area contributed by atoms with E-state index in [0.29, 0.717) is 18.4 Å². The Morgan fingerprint density at radius 2 is 1.81 bits per heavy atom. The molecule has 3 unspecified atom stereocenters. The molecule has 10 heteroatoms. The van der Waals surface area contributed by atoms with Gasteiger partial charge in [0.05, 0.1) is 25.7 Å². The molecule has 0 radical (unpaired) electrons.